The van der Waals surface area contributed by atoms with Gasteiger partial charge in [0.1, 0.15) is 0 Å². The van der Waals surface area contributed by atoms with Crippen LogP contribution < -0.4 is 15.6 Å². The Morgan fingerprint density at radius 3 is 2.72 bits per heavy atom. The van der Waals surface area contributed by atoms with Crippen molar-refractivity contribution in [3.05, 3.63) is 71.1 Å². The molecule has 0 bridgehead atoms. The van der Waals surface area contributed by atoms with Gasteiger partial charge >= 0.3 is 22.4 Å². The second kappa shape index (κ2) is 8.54. The fourth-order valence-electron chi connectivity index (χ4n) is 4.89. The molecule has 8 heteroatoms. The number of ether oxygens (including phenoxy) is 1. The van der Waals surface area contributed by atoms with Gasteiger partial charge in [0.2, 0.25) is 15.4 Å². The molecule has 2 aromatic carbocycles. The molecule has 1 N–H and O–H groups in total. The van der Waals surface area contributed by atoms with Gasteiger partial charge in [-0.15, -0.1) is 0 Å². The van der Waals surface area contributed by atoms with E-state index in [1.54, 1.807) is 31.2 Å². The second-order valence-electron chi connectivity index (χ2n) is 8.42. The van der Waals surface area contributed by atoms with Crippen LogP contribution >= 0.6 is 0 Å². The van der Waals surface area contributed by atoms with Crippen molar-refractivity contribution in [2.24, 2.45) is 11.3 Å². The summed E-state index contributed by atoms with van der Waals surface area (Å²) in [6.07, 6.45) is 0.773. The fourth-order valence-corrected chi connectivity index (χ4v) is 6.38. The number of hydrogen-bond acceptors (Lipinski definition) is 4. The third-order valence-electron chi connectivity index (χ3n) is 6.53. The number of sulfonamides is 1. The topological polar surface area (TPSA) is 77.7 Å². The van der Waals surface area contributed by atoms with Crippen LogP contribution in [0.4, 0.5) is 0 Å². The van der Waals surface area contributed by atoms with E-state index in [1.165, 1.54) is 4.31 Å². The number of hydrogen-bond donors (Lipinski definition) is 1. The molecule has 2 aromatic rings. The number of fused-ring (bicyclic) bond motifs is 3. The molecule has 2 heterocycles. The molecule has 3 atom stereocenters. The van der Waals surface area contributed by atoms with E-state index in [0.29, 0.717) is 13.0 Å². The molecule has 1 aliphatic carbocycles. The summed E-state index contributed by atoms with van der Waals surface area (Å²) >= 11 is 0. The van der Waals surface area contributed by atoms with Crippen LogP contribution in [-0.4, -0.2) is 44.4 Å². The Bertz CT molecular complexity index is 1310. The van der Waals surface area contributed by atoms with Crippen LogP contribution in [-0.2, 0) is 41.9 Å². The molecule has 2 aliphatic heterocycles. The largest absolute Gasteiger partial charge is 1.00 e. The molecule has 1 saturated heterocycles. The second-order valence-corrected chi connectivity index (χ2v) is 10.4. The summed E-state index contributed by atoms with van der Waals surface area (Å²) in [6.45, 7) is 4.23. The molecule has 3 aliphatic rings. The number of carbonyl (C=O) groups is 1. The molecule has 1 saturated carbocycles. The van der Waals surface area contributed by atoms with Crippen LogP contribution in [0.5, 0.6) is 0 Å². The first kappa shape index (κ1) is 22.0. The maximum atomic E-state index is 13.6. The van der Waals surface area contributed by atoms with E-state index < -0.39 is 27.3 Å². The van der Waals surface area contributed by atoms with Crippen molar-refractivity contribution in [1.29, 1.82) is 0 Å². The SMILES string of the molecule is [2H][C-]1[C@@H](C(=O)OCC)C12CN(S(=O)(=O)c1ccc(C)cc1)CCC1=c3ccccc3=[NH+]C12.[Au+]. The Kier molecular flexibility index (Phi) is 5.88. The number of nitrogens with one attached hydrogen (secondary N) is 1. The Balaban J connectivity index is 0.00000259. The smallest absolute Gasteiger partial charge is 0.468 e. The van der Waals surface area contributed by atoms with Crippen LogP contribution in [0.2, 0.25) is 0 Å². The van der Waals surface area contributed by atoms with Gasteiger partial charge in [-0.1, -0.05) is 41.2 Å². The first-order chi connectivity index (χ1) is 15.3. The monoisotopic (exact) mass is 636 g/mol. The van der Waals surface area contributed by atoms with E-state index in [4.69, 9.17) is 6.11 Å². The number of carbonyl (C=O) groups excluding carboxylic acids is 1. The molecule has 0 aromatic heterocycles. The minimum Gasteiger partial charge on any atom is -0.468 e. The van der Waals surface area contributed by atoms with E-state index in [9.17, 15) is 13.2 Å². The van der Waals surface area contributed by atoms with E-state index in [0.717, 1.165) is 21.7 Å². The van der Waals surface area contributed by atoms with Gasteiger partial charge in [-0.3, -0.25) is 4.79 Å². The Labute approximate surface area is 205 Å². The fraction of sp³-hybridized carbons (Fsp3) is 0.375. The summed E-state index contributed by atoms with van der Waals surface area (Å²) in [7, 11) is -3.78. The number of benzene rings is 2. The zero-order chi connectivity index (χ0) is 22.7. The van der Waals surface area contributed by atoms with Crippen LogP contribution in [0.1, 0.15) is 20.3 Å². The molecule has 172 valence electrons. The molecule has 0 radical (unpaired) electrons. The zero-order valence-corrected chi connectivity index (χ0v) is 20.9. The van der Waals surface area contributed by atoms with Gasteiger partial charge in [-0.25, -0.2) is 14.8 Å². The minimum atomic E-state index is -3.78. The summed E-state index contributed by atoms with van der Waals surface area (Å²) in [6, 6.07) is 14.4. The van der Waals surface area contributed by atoms with E-state index >= 15 is 0 Å². The van der Waals surface area contributed by atoms with Crippen molar-refractivity contribution in [2.45, 2.75) is 31.2 Å². The van der Waals surface area contributed by atoms with Crippen LogP contribution in [0.3, 0.4) is 0 Å². The summed E-state index contributed by atoms with van der Waals surface area (Å²) in [5.74, 6) is -1.21. The molecular formula is C24H26AuN2O4S+. The standard InChI is InChI=1S/C24H25N2O4S.Au/c1-3-30-23(27)20-14-24(20)15-26(31(28,29)17-10-8-16(2)9-11-17)13-12-19-18-6-4-5-7-21(18)25-22(19)24;/h4-11,14,20,22H,3,12-13,15H2,1-2H3;/q-1;+1/p+1/t20-,22?,24?;/m0./s1/i14D;. The first-order valence-electron chi connectivity index (χ1n) is 11.1. The third-order valence-corrected chi connectivity index (χ3v) is 8.39. The summed E-state index contributed by atoms with van der Waals surface area (Å²) in [5.41, 5.74) is 1.08. The van der Waals surface area contributed by atoms with Gasteiger partial charge in [0.15, 0.2) is 6.04 Å². The number of nitrogens with zero attached hydrogens (tertiary/aromatic N) is 1. The summed E-state index contributed by atoms with van der Waals surface area (Å²) in [4.78, 5) is 16.5. The van der Waals surface area contributed by atoms with Gasteiger partial charge in [-0.05, 0) is 45.0 Å². The number of aryl methyl sites for hydroxylation is 1. The minimum absolute atomic E-state index is 0. The predicted molar refractivity (Wildman–Crippen MR) is 114 cm³/mol. The zero-order valence-electron chi connectivity index (χ0n) is 18.9. The maximum absolute atomic E-state index is 13.6. The van der Waals surface area contributed by atoms with Gasteiger partial charge < -0.3 is 11.1 Å². The molecule has 1 spiro atoms. The van der Waals surface area contributed by atoms with Gasteiger partial charge in [0.05, 0.1) is 16.7 Å². The van der Waals surface area contributed by atoms with Gasteiger partial charge in [0.25, 0.3) is 5.97 Å². The van der Waals surface area contributed by atoms with Crippen LogP contribution in [0.15, 0.2) is 53.4 Å². The van der Waals surface area contributed by atoms with E-state index in [1.807, 2.05) is 31.2 Å². The van der Waals surface area contributed by atoms with Crippen molar-refractivity contribution in [2.75, 3.05) is 19.7 Å². The molecule has 2 fully saturated rings. The molecule has 5 rings (SSSR count). The Hall–Kier alpha value is -1.77. The average Bonchev–Trinajstić information content (AvgIpc) is 3.25. The van der Waals surface area contributed by atoms with Crippen molar-refractivity contribution < 1.29 is 46.7 Å². The van der Waals surface area contributed by atoms with E-state index in [-0.39, 0.29) is 52.9 Å². The Morgan fingerprint density at radius 1 is 1.28 bits per heavy atom. The third kappa shape index (κ3) is 3.70. The number of para-hydroxylation sites is 1. The Morgan fingerprint density at radius 2 is 2.00 bits per heavy atom. The molecule has 32 heavy (non-hydrogen) atoms. The maximum Gasteiger partial charge on any atom is 1.00 e. The van der Waals surface area contributed by atoms with Gasteiger partial charge in [0, 0.05) is 18.2 Å². The molecule has 0 amide bonds. The number of rotatable bonds is 4. The molecule has 6 nitrogen and oxygen atoms in total. The summed E-state index contributed by atoms with van der Waals surface area (Å²) < 4.78 is 42.5. The first-order valence-corrected chi connectivity index (χ1v) is 12.0. The van der Waals surface area contributed by atoms with E-state index in [2.05, 4.69) is 4.99 Å². The van der Waals surface area contributed by atoms with Crippen molar-refractivity contribution >= 4 is 21.6 Å². The van der Waals surface area contributed by atoms with Crippen LogP contribution in [0.25, 0.3) is 5.57 Å². The van der Waals surface area contributed by atoms with Crippen molar-refractivity contribution in [3.8, 4) is 0 Å². The normalized spacial score (nSPS) is 27.4. The van der Waals surface area contributed by atoms with Crippen molar-refractivity contribution in [3.63, 3.8) is 0 Å². The predicted octanol–water partition coefficient (Wildman–Crippen LogP) is -0.296. The molecule has 2 unspecified atom stereocenters. The van der Waals surface area contributed by atoms with Crippen molar-refractivity contribution in [1.82, 2.24) is 4.31 Å². The van der Waals surface area contributed by atoms with Crippen LogP contribution in [0, 0.1) is 24.7 Å². The molecular weight excluding hydrogens is 609 g/mol. The number of esters is 1. The van der Waals surface area contributed by atoms with Gasteiger partial charge in [-0.2, -0.15) is 4.31 Å². The average molecular weight is 637 g/mol. The summed E-state index contributed by atoms with van der Waals surface area (Å²) in [5, 5.41) is 2.00. The quantitative estimate of drug-likeness (QED) is 0.285.